The summed E-state index contributed by atoms with van der Waals surface area (Å²) in [5.41, 5.74) is 1.01. The number of halogens is 4. The van der Waals surface area contributed by atoms with Crippen LogP contribution in [-0.4, -0.2) is 37.6 Å². The Hall–Kier alpha value is -1.86. The molecule has 1 aromatic carbocycles. The molecule has 0 aliphatic heterocycles. The Balaban J connectivity index is 1.73. The molecule has 1 heterocycles. The second-order valence-electron chi connectivity index (χ2n) is 5.99. The molecule has 10 heteroatoms. The Morgan fingerprint density at radius 1 is 1.06 bits per heavy atom. The van der Waals surface area contributed by atoms with Gasteiger partial charge in [0.05, 0.1) is 23.3 Å². The largest absolute Gasteiger partial charge is 0.490 e. The number of aromatic nitrogens is 1. The van der Waals surface area contributed by atoms with Crippen LogP contribution in [0.25, 0.3) is 0 Å². The average molecular weight is 508 g/mol. The first-order chi connectivity index (χ1) is 15.0. The summed E-state index contributed by atoms with van der Waals surface area (Å²) in [6.45, 7) is 3.43. The zero-order valence-corrected chi connectivity index (χ0v) is 19.8. The average Bonchev–Trinajstić information content (AvgIpc) is 2.73. The summed E-state index contributed by atoms with van der Waals surface area (Å²) in [4.78, 5) is 9.17. The Morgan fingerprint density at radius 2 is 1.81 bits per heavy atom. The van der Waals surface area contributed by atoms with Gasteiger partial charge in [0.1, 0.15) is 23.5 Å². The highest BCUT2D eigenvalue weighted by Crippen LogP contribution is 2.37. The van der Waals surface area contributed by atoms with Crippen molar-refractivity contribution in [3.05, 3.63) is 56.6 Å². The number of pyridine rings is 1. The molecule has 0 N–H and O–H groups in total. The molecule has 0 aliphatic rings. The number of benzene rings is 1. The third-order valence-corrected chi connectivity index (χ3v) is 4.52. The van der Waals surface area contributed by atoms with Crippen molar-refractivity contribution in [3.63, 3.8) is 0 Å². The lowest BCUT2D eigenvalue weighted by molar-refractivity contribution is 0.160. The van der Waals surface area contributed by atoms with E-state index in [9.17, 15) is 0 Å². The lowest BCUT2D eigenvalue weighted by Gasteiger charge is -2.12. The molecule has 0 bridgehead atoms. The monoisotopic (exact) mass is 506 g/mol. The SMILES string of the molecule is CCON=CCc1ccc(OCCCOc2c(Cl)cc(OCC=C(Cl)Cl)cc2Cl)nc1. The molecular formula is C21H22Cl4N2O4. The fourth-order valence-electron chi connectivity index (χ4n) is 2.26. The number of hydrogen-bond donors (Lipinski definition) is 0. The van der Waals surface area contributed by atoms with E-state index in [0.29, 0.717) is 60.1 Å². The van der Waals surface area contributed by atoms with E-state index in [0.717, 1.165) is 5.56 Å². The summed E-state index contributed by atoms with van der Waals surface area (Å²) in [6, 6.07) is 6.96. The molecule has 0 atom stereocenters. The molecule has 0 saturated carbocycles. The molecule has 2 rings (SSSR count). The smallest absolute Gasteiger partial charge is 0.213 e. The maximum Gasteiger partial charge on any atom is 0.213 e. The molecule has 0 radical (unpaired) electrons. The van der Waals surface area contributed by atoms with Crippen molar-refractivity contribution < 1.29 is 19.0 Å². The molecule has 6 nitrogen and oxygen atoms in total. The summed E-state index contributed by atoms with van der Waals surface area (Å²) in [6.07, 6.45) is 6.20. The zero-order chi connectivity index (χ0) is 22.5. The van der Waals surface area contributed by atoms with Gasteiger partial charge >= 0.3 is 0 Å². The van der Waals surface area contributed by atoms with Gasteiger partial charge in [-0.2, -0.15) is 0 Å². The minimum absolute atomic E-state index is 0.123. The van der Waals surface area contributed by atoms with E-state index in [-0.39, 0.29) is 11.1 Å². The van der Waals surface area contributed by atoms with Crippen LogP contribution in [0.4, 0.5) is 0 Å². The molecule has 0 spiro atoms. The standard InChI is InChI=1S/C21H22Cl4N2O4/c1-2-31-27-8-6-15-4-5-20(26-14-15)29-9-3-10-30-21-17(22)12-16(13-18(21)23)28-11-7-19(24)25/h4-5,7-8,12-14H,2-3,6,9-11H2,1H3. The molecule has 31 heavy (non-hydrogen) atoms. The van der Waals surface area contributed by atoms with Gasteiger partial charge in [-0.25, -0.2) is 4.98 Å². The van der Waals surface area contributed by atoms with Gasteiger partial charge in [0.25, 0.3) is 0 Å². The van der Waals surface area contributed by atoms with Crippen LogP contribution in [0.3, 0.4) is 0 Å². The van der Waals surface area contributed by atoms with Crippen molar-refractivity contribution in [1.82, 2.24) is 4.98 Å². The second kappa shape index (κ2) is 14.2. The van der Waals surface area contributed by atoms with Crippen LogP contribution in [0.5, 0.6) is 17.4 Å². The highest BCUT2D eigenvalue weighted by Gasteiger charge is 2.10. The number of nitrogens with zero attached hydrogens (tertiary/aromatic N) is 2. The Kier molecular flexibility index (Phi) is 11.7. The lowest BCUT2D eigenvalue weighted by atomic mass is 10.2. The predicted octanol–water partition coefficient (Wildman–Crippen LogP) is 6.50. The van der Waals surface area contributed by atoms with Gasteiger partial charge in [-0.15, -0.1) is 0 Å². The predicted molar refractivity (Wildman–Crippen MR) is 125 cm³/mol. The molecular weight excluding hydrogens is 486 g/mol. The van der Waals surface area contributed by atoms with E-state index in [1.54, 1.807) is 24.5 Å². The molecule has 2 aromatic rings. The molecule has 0 aliphatic carbocycles. The Labute approximate surface area is 201 Å². The summed E-state index contributed by atoms with van der Waals surface area (Å²) < 4.78 is 16.9. The van der Waals surface area contributed by atoms with Gasteiger partial charge in [-0.05, 0) is 18.6 Å². The molecule has 0 saturated heterocycles. The van der Waals surface area contributed by atoms with Crippen molar-refractivity contribution in [1.29, 1.82) is 0 Å². The lowest BCUT2D eigenvalue weighted by Crippen LogP contribution is -2.06. The van der Waals surface area contributed by atoms with E-state index in [1.807, 2.05) is 19.1 Å². The van der Waals surface area contributed by atoms with Gasteiger partial charge in [-0.3, -0.25) is 0 Å². The molecule has 0 fully saturated rings. The Morgan fingerprint density at radius 3 is 2.45 bits per heavy atom. The topological polar surface area (TPSA) is 62.2 Å². The summed E-state index contributed by atoms with van der Waals surface area (Å²) in [5, 5.41) is 4.49. The zero-order valence-electron chi connectivity index (χ0n) is 16.8. The molecule has 0 unspecified atom stereocenters. The first-order valence-electron chi connectivity index (χ1n) is 9.47. The highest BCUT2D eigenvalue weighted by molar-refractivity contribution is 6.55. The maximum absolute atomic E-state index is 6.24. The van der Waals surface area contributed by atoms with Crippen molar-refractivity contribution in [2.75, 3.05) is 26.4 Å². The van der Waals surface area contributed by atoms with Crippen LogP contribution in [0.1, 0.15) is 18.9 Å². The van der Waals surface area contributed by atoms with E-state index < -0.39 is 0 Å². The van der Waals surface area contributed by atoms with Crippen LogP contribution in [-0.2, 0) is 11.3 Å². The maximum atomic E-state index is 6.24. The molecule has 1 aromatic heterocycles. The first kappa shape index (κ1) is 25.4. The highest BCUT2D eigenvalue weighted by atomic mass is 35.5. The van der Waals surface area contributed by atoms with E-state index in [4.69, 9.17) is 65.5 Å². The summed E-state index contributed by atoms with van der Waals surface area (Å²) >= 11 is 23.6. The molecule has 168 valence electrons. The van der Waals surface area contributed by atoms with Crippen molar-refractivity contribution in [2.24, 2.45) is 5.16 Å². The van der Waals surface area contributed by atoms with Crippen LogP contribution in [0.2, 0.25) is 10.0 Å². The van der Waals surface area contributed by atoms with Crippen molar-refractivity contribution in [2.45, 2.75) is 19.8 Å². The number of rotatable bonds is 13. The quantitative estimate of drug-likeness (QED) is 0.176. The normalized spacial score (nSPS) is 10.7. The van der Waals surface area contributed by atoms with Gasteiger partial charge in [0.15, 0.2) is 5.75 Å². The Bertz CT molecular complexity index is 849. The number of hydrogen-bond acceptors (Lipinski definition) is 6. The van der Waals surface area contributed by atoms with Gasteiger partial charge in [-0.1, -0.05) is 57.6 Å². The summed E-state index contributed by atoms with van der Waals surface area (Å²) in [7, 11) is 0. The minimum Gasteiger partial charge on any atom is -0.490 e. The van der Waals surface area contributed by atoms with Gasteiger partial charge in [0, 0.05) is 43.5 Å². The number of ether oxygens (including phenoxy) is 3. The van der Waals surface area contributed by atoms with E-state index in [1.165, 1.54) is 6.08 Å². The first-order valence-corrected chi connectivity index (χ1v) is 11.0. The van der Waals surface area contributed by atoms with Crippen LogP contribution >= 0.6 is 46.4 Å². The third-order valence-electron chi connectivity index (χ3n) is 3.65. The minimum atomic E-state index is 0.123. The van der Waals surface area contributed by atoms with E-state index in [2.05, 4.69) is 10.1 Å². The second-order valence-corrected chi connectivity index (χ2v) is 7.81. The van der Waals surface area contributed by atoms with Gasteiger partial charge in [0.2, 0.25) is 5.88 Å². The van der Waals surface area contributed by atoms with Crippen LogP contribution < -0.4 is 14.2 Å². The summed E-state index contributed by atoms with van der Waals surface area (Å²) in [5.74, 6) is 1.40. The fourth-order valence-corrected chi connectivity index (χ4v) is 2.96. The third kappa shape index (κ3) is 9.87. The van der Waals surface area contributed by atoms with Crippen molar-refractivity contribution >= 4 is 52.6 Å². The van der Waals surface area contributed by atoms with Crippen LogP contribution in [0, 0.1) is 0 Å². The van der Waals surface area contributed by atoms with E-state index >= 15 is 0 Å². The fraction of sp³-hybridized carbons (Fsp3) is 0.333. The van der Waals surface area contributed by atoms with Crippen LogP contribution in [0.15, 0.2) is 46.2 Å². The number of oxime groups is 1. The molecule has 0 amide bonds. The van der Waals surface area contributed by atoms with Crippen molar-refractivity contribution in [3.8, 4) is 17.4 Å². The van der Waals surface area contributed by atoms with Gasteiger partial charge < -0.3 is 19.0 Å².